The Labute approximate surface area is 139 Å². The van der Waals surface area contributed by atoms with Crippen LogP contribution in [0.25, 0.3) is 17.0 Å². The van der Waals surface area contributed by atoms with Gasteiger partial charge in [-0.3, -0.25) is 9.78 Å². The summed E-state index contributed by atoms with van der Waals surface area (Å²) in [5.74, 6) is -0.376. The zero-order chi connectivity index (χ0) is 17.1. The van der Waals surface area contributed by atoms with Gasteiger partial charge in [0.25, 0.3) is 0 Å². The molecule has 3 rings (SSSR count). The molecule has 4 heteroatoms. The maximum absolute atomic E-state index is 13.0. The molecule has 0 radical (unpaired) electrons. The number of halogens is 1. The molecule has 0 atom stereocenters. The molecule has 0 aliphatic heterocycles. The summed E-state index contributed by atoms with van der Waals surface area (Å²) in [5, 5.41) is 11.0. The van der Waals surface area contributed by atoms with E-state index in [-0.39, 0.29) is 17.1 Å². The quantitative estimate of drug-likeness (QED) is 0.719. The summed E-state index contributed by atoms with van der Waals surface area (Å²) in [6.45, 7) is 1.88. The van der Waals surface area contributed by atoms with Crippen molar-refractivity contribution in [3.8, 4) is 5.75 Å². The number of phenolic OH excluding ortho intramolecular Hbond substituents is 1. The standard InChI is InChI=1S/C20H16FNO2/c1-2-3-15-10-16(12-23)20(24)19-18(15)9-14(11-22-19)8-13-4-6-17(21)7-5-13/h2-7,9-12,24H,8H2,1H3/b3-2+. The predicted molar refractivity (Wildman–Crippen MR) is 92.7 cm³/mol. The average Bonchev–Trinajstić information content (AvgIpc) is 2.59. The van der Waals surface area contributed by atoms with Gasteiger partial charge in [0.15, 0.2) is 12.0 Å². The van der Waals surface area contributed by atoms with Gasteiger partial charge in [-0.25, -0.2) is 4.39 Å². The number of carbonyl (C=O) groups excluding carboxylic acids is 1. The van der Waals surface area contributed by atoms with Gasteiger partial charge in [0.1, 0.15) is 11.3 Å². The average molecular weight is 321 g/mol. The Morgan fingerprint density at radius 2 is 1.88 bits per heavy atom. The molecule has 0 bridgehead atoms. The summed E-state index contributed by atoms with van der Waals surface area (Å²) in [5.41, 5.74) is 3.35. The normalized spacial score (nSPS) is 11.2. The second-order valence-corrected chi connectivity index (χ2v) is 5.56. The number of aldehydes is 1. The summed E-state index contributed by atoms with van der Waals surface area (Å²) in [6, 6.07) is 9.91. The van der Waals surface area contributed by atoms with Gasteiger partial charge >= 0.3 is 0 Å². The topological polar surface area (TPSA) is 50.2 Å². The minimum Gasteiger partial charge on any atom is -0.505 e. The fourth-order valence-electron chi connectivity index (χ4n) is 2.71. The molecule has 1 aromatic heterocycles. The summed E-state index contributed by atoms with van der Waals surface area (Å²) < 4.78 is 13.0. The van der Waals surface area contributed by atoms with E-state index in [4.69, 9.17) is 0 Å². The highest BCUT2D eigenvalue weighted by molar-refractivity contribution is 5.98. The van der Waals surface area contributed by atoms with Gasteiger partial charge in [-0.2, -0.15) is 0 Å². The third-order valence-electron chi connectivity index (χ3n) is 3.86. The van der Waals surface area contributed by atoms with Crippen molar-refractivity contribution in [2.24, 2.45) is 0 Å². The van der Waals surface area contributed by atoms with Crippen molar-refractivity contribution in [2.75, 3.05) is 0 Å². The minimum absolute atomic E-state index is 0.110. The number of nitrogens with zero attached hydrogens (tertiary/aromatic N) is 1. The summed E-state index contributed by atoms with van der Waals surface area (Å²) in [4.78, 5) is 15.4. The molecule has 0 amide bonds. The van der Waals surface area contributed by atoms with Crippen molar-refractivity contribution in [3.05, 3.63) is 76.7 Å². The molecule has 0 saturated heterocycles. The number of fused-ring (bicyclic) bond motifs is 1. The smallest absolute Gasteiger partial charge is 0.153 e. The second kappa shape index (κ2) is 6.62. The van der Waals surface area contributed by atoms with Crippen LogP contribution in [-0.4, -0.2) is 16.4 Å². The lowest BCUT2D eigenvalue weighted by atomic mass is 9.99. The maximum Gasteiger partial charge on any atom is 0.153 e. The Kier molecular flexibility index (Phi) is 4.38. The predicted octanol–water partition coefficient (Wildman–Crippen LogP) is 4.52. The summed E-state index contributed by atoms with van der Waals surface area (Å²) in [7, 11) is 0. The van der Waals surface area contributed by atoms with Crippen molar-refractivity contribution < 1.29 is 14.3 Å². The molecule has 2 aromatic carbocycles. The Hall–Kier alpha value is -3.01. The lowest BCUT2D eigenvalue weighted by molar-refractivity contribution is 0.112. The number of hydrogen-bond acceptors (Lipinski definition) is 3. The fraction of sp³-hybridized carbons (Fsp3) is 0.100. The molecule has 3 aromatic rings. The van der Waals surface area contributed by atoms with Crippen molar-refractivity contribution in [1.29, 1.82) is 0 Å². The monoisotopic (exact) mass is 321 g/mol. The molecule has 3 nitrogen and oxygen atoms in total. The first-order valence-corrected chi connectivity index (χ1v) is 7.59. The molecular weight excluding hydrogens is 305 g/mol. The molecule has 0 aliphatic rings. The summed E-state index contributed by atoms with van der Waals surface area (Å²) >= 11 is 0. The van der Waals surface area contributed by atoms with Crippen molar-refractivity contribution in [1.82, 2.24) is 4.98 Å². The third kappa shape index (κ3) is 3.04. The van der Waals surface area contributed by atoms with E-state index >= 15 is 0 Å². The van der Waals surface area contributed by atoms with Gasteiger partial charge in [0.2, 0.25) is 0 Å². The van der Waals surface area contributed by atoms with E-state index in [2.05, 4.69) is 4.98 Å². The minimum atomic E-state index is -0.267. The number of aromatic nitrogens is 1. The number of pyridine rings is 1. The Balaban J connectivity index is 2.10. The molecule has 1 N–H and O–H groups in total. The first-order chi connectivity index (χ1) is 11.6. The van der Waals surface area contributed by atoms with Crippen LogP contribution in [0.5, 0.6) is 5.75 Å². The first-order valence-electron chi connectivity index (χ1n) is 7.59. The third-order valence-corrected chi connectivity index (χ3v) is 3.86. The van der Waals surface area contributed by atoms with E-state index in [0.717, 1.165) is 22.1 Å². The van der Waals surface area contributed by atoms with Gasteiger partial charge in [0.05, 0.1) is 5.56 Å². The highest BCUT2D eigenvalue weighted by Gasteiger charge is 2.12. The van der Waals surface area contributed by atoms with E-state index < -0.39 is 0 Å². The highest BCUT2D eigenvalue weighted by atomic mass is 19.1. The number of hydrogen-bond donors (Lipinski definition) is 1. The van der Waals surface area contributed by atoms with Gasteiger partial charge in [0, 0.05) is 11.6 Å². The van der Waals surface area contributed by atoms with Crippen LogP contribution in [0, 0.1) is 5.82 Å². The fourth-order valence-corrected chi connectivity index (χ4v) is 2.71. The van der Waals surface area contributed by atoms with Crippen LogP contribution in [0.1, 0.15) is 34.0 Å². The first kappa shape index (κ1) is 15.9. The molecule has 120 valence electrons. The number of benzene rings is 2. The van der Waals surface area contributed by atoms with Crippen molar-refractivity contribution in [2.45, 2.75) is 13.3 Å². The largest absolute Gasteiger partial charge is 0.505 e. The molecule has 0 unspecified atom stereocenters. The van der Waals surface area contributed by atoms with Crippen LogP contribution in [0.2, 0.25) is 0 Å². The lowest BCUT2D eigenvalue weighted by Crippen LogP contribution is -1.94. The SMILES string of the molecule is C/C=C/c1cc(C=O)c(O)c2ncc(Cc3ccc(F)cc3)cc12. The van der Waals surface area contributed by atoms with Crippen molar-refractivity contribution >= 4 is 23.3 Å². The van der Waals surface area contributed by atoms with Gasteiger partial charge in [-0.05, 0) is 54.3 Å². The highest BCUT2D eigenvalue weighted by Crippen LogP contribution is 2.31. The van der Waals surface area contributed by atoms with E-state index in [9.17, 15) is 14.3 Å². The molecule has 0 saturated carbocycles. The number of rotatable bonds is 4. The Bertz CT molecular complexity index is 931. The van der Waals surface area contributed by atoms with E-state index in [1.807, 2.05) is 25.1 Å². The number of aromatic hydroxyl groups is 1. The Morgan fingerprint density at radius 1 is 1.12 bits per heavy atom. The number of phenols is 1. The molecule has 0 aliphatic carbocycles. The van der Waals surface area contributed by atoms with E-state index in [1.54, 1.807) is 24.4 Å². The number of allylic oxidation sites excluding steroid dienone is 1. The number of carbonyl (C=O) groups is 1. The van der Waals surface area contributed by atoms with Crippen LogP contribution >= 0.6 is 0 Å². The second-order valence-electron chi connectivity index (χ2n) is 5.56. The van der Waals surface area contributed by atoms with Crippen LogP contribution in [-0.2, 0) is 6.42 Å². The molecule has 24 heavy (non-hydrogen) atoms. The van der Waals surface area contributed by atoms with Crippen LogP contribution in [0.15, 0.2) is 48.7 Å². The summed E-state index contributed by atoms with van der Waals surface area (Å²) in [6.07, 6.45) is 6.63. The van der Waals surface area contributed by atoms with E-state index in [0.29, 0.717) is 18.2 Å². The molecule has 0 spiro atoms. The lowest BCUT2D eigenvalue weighted by Gasteiger charge is -2.09. The zero-order valence-electron chi connectivity index (χ0n) is 13.2. The van der Waals surface area contributed by atoms with Gasteiger partial charge < -0.3 is 5.11 Å². The molecule has 0 fully saturated rings. The van der Waals surface area contributed by atoms with Crippen LogP contribution in [0.3, 0.4) is 0 Å². The van der Waals surface area contributed by atoms with Crippen LogP contribution < -0.4 is 0 Å². The van der Waals surface area contributed by atoms with Gasteiger partial charge in [-0.1, -0.05) is 24.3 Å². The molecule has 1 heterocycles. The van der Waals surface area contributed by atoms with Crippen molar-refractivity contribution in [3.63, 3.8) is 0 Å². The maximum atomic E-state index is 13.0. The zero-order valence-corrected chi connectivity index (χ0v) is 13.2. The van der Waals surface area contributed by atoms with E-state index in [1.165, 1.54) is 12.1 Å². The Morgan fingerprint density at radius 3 is 2.54 bits per heavy atom. The van der Waals surface area contributed by atoms with Gasteiger partial charge in [-0.15, -0.1) is 0 Å². The van der Waals surface area contributed by atoms with Crippen LogP contribution in [0.4, 0.5) is 4.39 Å². The molecular formula is C20H16FNO2.